The largest absolute Gasteiger partial charge is 0.394 e. The zero-order chi connectivity index (χ0) is 10.0. The lowest BCUT2D eigenvalue weighted by Gasteiger charge is -2.02. The van der Waals surface area contributed by atoms with E-state index in [4.69, 9.17) is 10.8 Å². The van der Waals surface area contributed by atoms with Crippen LogP contribution in [0.25, 0.3) is 0 Å². The number of aryl methyl sites for hydroxylation is 1. The Morgan fingerprint density at radius 3 is 2.54 bits per heavy atom. The average Bonchev–Trinajstić information content (AvgIpc) is 2.46. The molecule has 0 bridgehead atoms. The van der Waals surface area contributed by atoms with Crippen molar-refractivity contribution in [3.05, 3.63) is 17.2 Å². The maximum absolute atomic E-state index is 8.84. The number of aliphatic hydroxyl groups is 1. The van der Waals surface area contributed by atoms with Gasteiger partial charge in [-0.15, -0.1) is 0 Å². The van der Waals surface area contributed by atoms with Crippen LogP contribution in [0.1, 0.15) is 43.0 Å². The Morgan fingerprint density at radius 1 is 1.54 bits per heavy atom. The van der Waals surface area contributed by atoms with Crippen molar-refractivity contribution >= 4 is 0 Å². The Morgan fingerprint density at radius 2 is 2.15 bits per heavy atom. The second kappa shape index (κ2) is 3.89. The molecule has 0 saturated carbocycles. The summed E-state index contributed by atoms with van der Waals surface area (Å²) in [5.74, 6) is 1.06. The van der Waals surface area contributed by atoms with Crippen LogP contribution in [0.15, 0.2) is 0 Å². The molecule has 4 nitrogen and oxygen atoms in total. The van der Waals surface area contributed by atoms with Gasteiger partial charge in [-0.25, -0.2) is 4.98 Å². The first kappa shape index (κ1) is 10.2. The van der Waals surface area contributed by atoms with Gasteiger partial charge in [0, 0.05) is 5.69 Å². The van der Waals surface area contributed by atoms with E-state index in [1.54, 1.807) is 0 Å². The summed E-state index contributed by atoms with van der Waals surface area (Å²) >= 11 is 0. The van der Waals surface area contributed by atoms with Gasteiger partial charge in [-0.3, -0.25) is 0 Å². The lowest BCUT2D eigenvalue weighted by Crippen LogP contribution is -2.16. The molecule has 0 aliphatic heterocycles. The van der Waals surface area contributed by atoms with Crippen molar-refractivity contribution in [1.29, 1.82) is 0 Å². The van der Waals surface area contributed by atoms with Crippen LogP contribution in [0.5, 0.6) is 0 Å². The predicted octanol–water partition coefficient (Wildman–Crippen LogP) is 0.834. The number of rotatable bonds is 3. The molecule has 0 aliphatic carbocycles. The molecule has 1 aromatic heterocycles. The molecule has 1 unspecified atom stereocenters. The molecule has 0 saturated heterocycles. The lowest BCUT2D eigenvalue weighted by molar-refractivity contribution is 0.264. The molecule has 0 aromatic carbocycles. The summed E-state index contributed by atoms with van der Waals surface area (Å²) in [6.45, 7) is 6.05. The summed E-state index contributed by atoms with van der Waals surface area (Å²) in [6, 6.07) is -0.397. The van der Waals surface area contributed by atoms with Crippen molar-refractivity contribution in [2.24, 2.45) is 5.73 Å². The molecule has 74 valence electrons. The van der Waals surface area contributed by atoms with E-state index in [0.29, 0.717) is 11.7 Å². The molecule has 0 amide bonds. The third kappa shape index (κ3) is 2.08. The van der Waals surface area contributed by atoms with Crippen LogP contribution >= 0.6 is 0 Å². The van der Waals surface area contributed by atoms with E-state index in [0.717, 1.165) is 11.4 Å². The summed E-state index contributed by atoms with van der Waals surface area (Å²) < 4.78 is 0. The van der Waals surface area contributed by atoms with Crippen molar-refractivity contribution in [3.63, 3.8) is 0 Å². The van der Waals surface area contributed by atoms with Gasteiger partial charge in [0.25, 0.3) is 0 Å². The van der Waals surface area contributed by atoms with Gasteiger partial charge < -0.3 is 15.8 Å². The van der Waals surface area contributed by atoms with Gasteiger partial charge in [-0.05, 0) is 12.8 Å². The van der Waals surface area contributed by atoms with E-state index >= 15 is 0 Å². The summed E-state index contributed by atoms with van der Waals surface area (Å²) in [5, 5.41) is 8.84. The number of H-pyrrole nitrogens is 1. The van der Waals surface area contributed by atoms with E-state index in [1.165, 1.54) is 0 Å². The number of hydrogen-bond acceptors (Lipinski definition) is 3. The topological polar surface area (TPSA) is 74.9 Å². The highest BCUT2D eigenvalue weighted by molar-refractivity contribution is 5.17. The van der Waals surface area contributed by atoms with Crippen molar-refractivity contribution < 1.29 is 5.11 Å². The third-order valence-corrected chi connectivity index (χ3v) is 2.04. The number of nitrogens with two attached hydrogens (primary N) is 1. The molecule has 1 rings (SSSR count). The third-order valence-electron chi connectivity index (χ3n) is 2.04. The number of aromatic nitrogens is 2. The van der Waals surface area contributed by atoms with Gasteiger partial charge in [0.15, 0.2) is 0 Å². The zero-order valence-electron chi connectivity index (χ0n) is 8.33. The fourth-order valence-electron chi connectivity index (χ4n) is 1.32. The van der Waals surface area contributed by atoms with Crippen LogP contribution in [0.4, 0.5) is 0 Å². The molecule has 1 atom stereocenters. The molecule has 1 heterocycles. The highest BCUT2D eigenvalue weighted by Gasteiger charge is 2.13. The minimum Gasteiger partial charge on any atom is -0.394 e. The number of hydrogen-bond donors (Lipinski definition) is 3. The number of aromatic amines is 1. The van der Waals surface area contributed by atoms with Crippen LogP contribution in [0.2, 0.25) is 0 Å². The second-order valence-corrected chi connectivity index (χ2v) is 3.58. The molecule has 1 aromatic rings. The van der Waals surface area contributed by atoms with Crippen molar-refractivity contribution in [3.8, 4) is 0 Å². The number of nitrogens with one attached hydrogen (secondary N) is 1. The smallest absolute Gasteiger partial charge is 0.125 e. The monoisotopic (exact) mass is 183 g/mol. The van der Waals surface area contributed by atoms with Gasteiger partial charge >= 0.3 is 0 Å². The maximum Gasteiger partial charge on any atom is 0.125 e. The first-order valence-electron chi connectivity index (χ1n) is 4.49. The SMILES string of the molecule is Cc1[nH]c(C(N)CO)nc1C(C)C. The normalized spacial score (nSPS) is 13.7. The molecular weight excluding hydrogens is 166 g/mol. The first-order valence-corrected chi connectivity index (χ1v) is 4.49. The van der Waals surface area contributed by atoms with Crippen LogP contribution < -0.4 is 5.73 Å². The Kier molecular flexibility index (Phi) is 3.06. The van der Waals surface area contributed by atoms with Crippen molar-refractivity contribution in [2.75, 3.05) is 6.61 Å². The summed E-state index contributed by atoms with van der Waals surface area (Å²) in [5.41, 5.74) is 7.70. The molecule has 0 aliphatic rings. The van der Waals surface area contributed by atoms with Gasteiger partial charge in [0.05, 0.1) is 18.3 Å². The molecule has 13 heavy (non-hydrogen) atoms. The van der Waals surface area contributed by atoms with Crippen LogP contribution in [-0.2, 0) is 0 Å². The fourth-order valence-corrected chi connectivity index (χ4v) is 1.32. The van der Waals surface area contributed by atoms with E-state index in [2.05, 4.69) is 23.8 Å². The lowest BCUT2D eigenvalue weighted by atomic mass is 10.1. The van der Waals surface area contributed by atoms with Crippen molar-refractivity contribution in [1.82, 2.24) is 9.97 Å². The Hall–Kier alpha value is -0.870. The van der Waals surface area contributed by atoms with E-state index in [-0.39, 0.29) is 6.61 Å². The standard InChI is InChI=1S/C9H17N3O/c1-5(2)8-6(3)11-9(12-8)7(10)4-13/h5,7,13H,4,10H2,1-3H3,(H,11,12). The fraction of sp³-hybridized carbons (Fsp3) is 0.667. The second-order valence-electron chi connectivity index (χ2n) is 3.58. The summed E-state index contributed by atoms with van der Waals surface area (Å²) in [4.78, 5) is 7.42. The van der Waals surface area contributed by atoms with E-state index in [1.807, 2.05) is 6.92 Å². The minimum absolute atomic E-state index is 0.0789. The van der Waals surface area contributed by atoms with Crippen LogP contribution in [0, 0.1) is 6.92 Å². The van der Waals surface area contributed by atoms with Gasteiger partial charge in [0.2, 0.25) is 0 Å². The quantitative estimate of drug-likeness (QED) is 0.649. The molecule has 0 radical (unpaired) electrons. The Balaban J connectivity index is 2.95. The predicted molar refractivity (Wildman–Crippen MR) is 51.4 cm³/mol. The summed E-state index contributed by atoms with van der Waals surface area (Å²) in [7, 11) is 0. The maximum atomic E-state index is 8.84. The van der Waals surface area contributed by atoms with E-state index < -0.39 is 6.04 Å². The zero-order valence-corrected chi connectivity index (χ0v) is 8.33. The Bertz CT molecular complexity index is 280. The van der Waals surface area contributed by atoms with Gasteiger partial charge in [0.1, 0.15) is 5.82 Å². The van der Waals surface area contributed by atoms with E-state index in [9.17, 15) is 0 Å². The molecule has 0 fully saturated rings. The van der Waals surface area contributed by atoms with Gasteiger partial charge in [-0.2, -0.15) is 0 Å². The number of aliphatic hydroxyl groups excluding tert-OH is 1. The molecule has 4 heteroatoms. The number of nitrogens with zero attached hydrogens (tertiary/aromatic N) is 1. The summed E-state index contributed by atoms with van der Waals surface area (Å²) in [6.07, 6.45) is 0. The van der Waals surface area contributed by atoms with Gasteiger partial charge in [-0.1, -0.05) is 13.8 Å². The Labute approximate surface area is 78.2 Å². The first-order chi connectivity index (χ1) is 6.06. The minimum atomic E-state index is -0.397. The number of imidazole rings is 1. The highest BCUT2D eigenvalue weighted by Crippen LogP contribution is 2.18. The van der Waals surface area contributed by atoms with Crippen LogP contribution in [0.3, 0.4) is 0 Å². The average molecular weight is 183 g/mol. The van der Waals surface area contributed by atoms with Crippen molar-refractivity contribution in [2.45, 2.75) is 32.7 Å². The highest BCUT2D eigenvalue weighted by atomic mass is 16.3. The molecular formula is C9H17N3O. The molecule has 0 spiro atoms. The molecule has 4 N–H and O–H groups in total. The van der Waals surface area contributed by atoms with Crippen LogP contribution in [-0.4, -0.2) is 21.7 Å².